The Morgan fingerprint density at radius 2 is 1.85 bits per heavy atom. The minimum atomic E-state index is -0.111. The molecule has 0 aliphatic carbocycles. The fraction of sp³-hybridized carbons (Fsp3) is 0.750. The minimum absolute atomic E-state index is 0.111. The molecule has 1 heteroatoms. The topological polar surface area (TPSA) is 17.1 Å². The number of rotatable bonds is 7. The third kappa shape index (κ3) is 7.76. The maximum absolute atomic E-state index is 10.6. The van der Waals surface area contributed by atoms with Crippen LogP contribution in [0.2, 0.25) is 0 Å². The summed E-state index contributed by atoms with van der Waals surface area (Å²) < 4.78 is 0. The first kappa shape index (κ1) is 12.4. The highest BCUT2D eigenvalue weighted by molar-refractivity contribution is 5.57. The van der Waals surface area contributed by atoms with Gasteiger partial charge in [-0.25, -0.2) is 0 Å². The van der Waals surface area contributed by atoms with Gasteiger partial charge in [0.15, 0.2) is 0 Å². The highest BCUT2D eigenvalue weighted by atomic mass is 16.1. The normalized spacial score (nSPS) is 12.2. The maximum atomic E-state index is 10.6. The summed E-state index contributed by atoms with van der Waals surface area (Å²) in [6.07, 6.45) is 11.2. The Kier molecular flexibility index (Phi) is 6.56. The van der Waals surface area contributed by atoms with Crippen molar-refractivity contribution in [1.82, 2.24) is 0 Å². The van der Waals surface area contributed by atoms with Crippen molar-refractivity contribution in [3.8, 4) is 0 Å². The highest BCUT2D eigenvalue weighted by Gasteiger charge is 2.14. The van der Waals surface area contributed by atoms with Gasteiger partial charge in [0.2, 0.25) is 0 Å². The molecule has 0 heterocycles. The Hall–Kier alpha value is -0.590. The fourth-order valence-corrected chi connectivity index (χ4v) is 1.25. The lowest BCUT2D eigenvalue weighted by Gasteiger charge is -2.15. The molecule has 0 radical (unpaired) electrons. The van der Waals surface area contributed by atoms with Crippen LogP contribution >= 0.6 is 0 Å². The van der Waals surface area contributed by atoms with Gasteiger partial charge in [-0.2, -0.15) is 0 Å². The van der Waals surface area contributed by atoms with E-state index in [0.717, 1.165) is 12.7 Å². The number of carbonyl (C=O) groups is 1. The molecule has 0 bridgehead atoms. The van der Waals surface area contributed by atoms with Gasteiger partial charge < -0.3 is 4.79 Å². The SMILES string of the molecule is C/C=C/CCCCCC(C)(C)C=O. The van der Waals surface area contributed by atoms with E-state index >= 15 is 0 Å². The standard InChI is InChI=1S/C12H22O/c1-4-5-6-7-8-9-10-12(2,3)11-13/h4-5,11H,6-10H2,1-3H3/b5-4+. The van der Waals surface area contributed by atoms with Crippen LogP contribution in [0, 0.1) is 5.41 Å². The van der Waals surface area contributed by atoms with Crippen LogP contribution in [-0.4, -0.2) is 6.29 Å². The number of carbonyl (C=O) groups excluding carboxylic acids is 1. The van der Waals surface area contributed by atoms with Gasteiger partial charge in [0.05, 0.1) is 0 Å². The molecule has 0 aromatic rings. The molecule has 0 unspecified atom stereocenters. The van der Waals surface area contributed by atoms with Crippen molar-refractivity contribution in [1.29, 1.82) is 0 Å². The molecule has 0 aliphatic rings. The summed E-state index contributed by atoms with van der Waals surface area (Å²) in [6.45, 7) is 6.06. The lowest BCUT2D eigenvalue weighted by atomic mass is 9.89. The average molecular weight is 182 g/mol. The molecule has 76 valence electrons. The van der Waals surface area contributed by atoms with Crippen LogP contribution < -0.4 is 0 Å². The molecule has 0 spiro atoms. The van der Waals surface area contributed by atoms with Gasteiger partial charge in [-0.15, -0.1) is 0 Å². The molecule has 13 heavy (non-hydrogen) atoms. The van der Waals surface area contributed by atoms with Crippen molar-refractivity contribution in [2.45, 2.75) is 52.9 Å². The second-order valence-corrected chi connectivity index (χ2v) is 4.27. The summed E-state index contributed by atoms with van der Waals surface area (Å²) in [5, 5.41) is 0. The van der Waals surface area contributed by atoms with E-state index in [0.29, 0.717) is 0 Å². The van der Waals surface area contributed by atoms with Crippen LogP contribution in [0.15, 0.2) is 12.2 Å². The third-order valence-electron chi connectivity index (χ3n) is 2.25. The molecular formula is C12H22O. The van der Waals surface area contributed by atoms with Crippen LogP contribution in [0.5, 0.6) is 0 Å². The van der Waals surface area contributed by atoms with E-state index in [1.807, 2.05) is 13.8 Å². The van der Waals surface area contributed by atoms with Crippen molar-refractivity contribution in [2.75, 3.05) is 0 Å². The summed E-state index contributed by atoms with van der Waals surface area (Å²) in [4.78, 5) is 10.6. The Bertz CT molecular complexity index is 157. The summed E-state index contributed by atoms with van der Waals surface area (Å²) in [6, 6.07) is 0. The first-order chi connectivity index (χ1) is 6.12. The van der Waals surface area contributed by atoms with Crippen molar-refractivity contribution >= 4 is 6.29 Å². The molecule has 1 nitrogen and oxygen atoms in total. The van der Waals surface area contributed by atoms with E-state index in [1.165, 1.54) is 25.7 Å². The predicted molar refractivity (Wildman–Crippen MR) is 57.7 cm³/mol. The van der Waals surface area contributed by atoms with Crippen LogP contribution in [-0.2, 0) is 4.79 Å². The molecular weight excluding hydrogens is 160 g/mol. The van der Waals surface area contributed by atoms with Gasteiger partial charge in [-0.05, 0) is 26.2 Å². The summed E-state index contributed by atoms with van der Waals surface area (Å²) >= 11 is 0. The zero-order chi connectivity index (χ0) is 10.2. The van der Waals surface area contributed by atoms with Crippen LogP contribution in [0.25, 0.3) is 0 Å². The van der Waals surface area contributed by atoms with E-state index in [9.17, 15) is 4.79 Å². The lowest BCUT2D eigenvalue weighted by molar-refractivity contribution is -0.115. The average Bonchev–Trinajstić information content (AvgIpc) is 2.11. The van der Waals surface area contributed by atoms with Gasteiger partial charge in [-0.3, -0.25) is 0 Å². The number of hydrogen-bond donors (Lipinski definition) is 0. The monoisotopic (exact) mass is 182 g/mol. The molecule has 0 aliphatic heterocycles. The smallest absolute Gasteiger partial charge is 0.125 e. The predicted octanol–water partition coefficient (Wildman–Crippen LogP) is 3.74. The maximum Gasteiger partial charge on any atom is 0.125 e. The van der Waals surface area contributed by atoms with E-state index in [1.54, 1.807) is 0 Å². The van der Waals surface area contributed by atoms with Crippen LogP contribution in [0.1, 0.15) is 52.9 Å². The lowest BCUT2D eigenvalue weighted by Crippen LogP contribution is -2.12. The Morgan fingerprint density at radius 3 is 2.38 bits per heavy atom. The zero-order valence-corrected chi connectivity index (χ0v) is 9.18. The number of allylic oxidation sites excluding steroid dienone is 2. The van der Waals surface area contributed by atoms with Gasteiger partial charge >= 0.3 is 0 Å². The highest BCUT2D eigenvalue weighted by Crippen LogP contribution is 2.20. The van der Waals surface area contributed by atoms with Gasteiger partial charge in [0.1, 0.15) is 6.29 Å². The summed E-state index contributed by atoms with van der Waals surface area (Å²) in [5.74, 6) is 0. The number of aldehydes is 1. The fourth-order valence-electron chi connectivity index (χ4n) is 1.25. The van der Waals surface area contributed by atoms with Gasteiger partial charge in [0, 0.05) is 5.41 Å². The molecule has 0 saturated heterocycles. The largest absolute Gasteiger partial charge is 0.303 e. The zero-order valence-electron chi connectivity index (χ0n) is 9.18. The molecule has 0 saturated carbocycles. The second-order valence-electron chi connectivity index (χ2n) is 4.27. The van der Waals surface area contributed by atoms with Crippen LogP contribution in [0.4, 0.5) is 0 Å². The van der Waals surface area contributed by atoms with E-state index < -0.39 is 0 Å². The quantitative estimate of drug-likeness (QED) is 0.333. The second kappa shape index (κ2) is 6.88. The van der Waals surface area contributed by atoms with Crippen molar-refractivity contribution in [2.24, 2.45) is 5.41 Å². The first-order valence-electron chi connectivity index (χ1n) is 5.20. The molecule has 0 aromatic heterocycles. The molecule has 0 amide bonds. The van der Waals surface area contributed by atoms with Gasteiger partial charge in [0.25, 0.3) is 0 Å². The molecule has 0 fully saturated rings. The van der Waals surface area contributed by atoms with E-state index in [4.69, 9.17) is 0 Å². The first-order valence-corrected chi connectivity index (χ1v) is 5.20. The summed E-state index contributed by atoms with van der Waals surface area (Å²) in [7, 11) is 0. The van der Waals surface area contributed by atoms with Crippen molar-refractivity contribution in [3.05, 3.63) is 12.2 Å². The summed E-state index contributed by atoms with van der Waals surface area (Å²) in [5.41, 5.74) is -0.111. The van der Waals surface area contributed by atoms with Crippen molar-refractivity contribution in [3.63, 3.8) is 0 Å². The van der Waals surface area contributed by atoms with E-state index in [-0.39, 0.29) is 5.41 Å². The third-order valence-corrected chi connectivity index (χ3v) is 2.25. The number of hydrogen-bond acceptors (Lipinski definition) is 1. The van der Waals surface area contributed by atoms with E-state index in [2.05, 4.69) is 19.1 Å². The number of unbranched alkanes of at least 4 members (excludes halogenated alkanes) is 3. The Labute approximate surface area is 82.2 Å². The Morgan fingerprint density at radius 1 is 1.15 bits per heavy atom. The molecule has 0 N–H and O–H groups in total. The van der Waals surface area contributed by atoms with Crippen molar-refractivity contribution < 1.29 is 4.79 Å². The molecule has 0 atom stereocenters. The van der Waals surface area contributed by atoms with Crippen LogP contribution in [0.3, 0.4) is 0 Å². The minimum Gasteiger partial charge on any atom is -0.303 e. The Balaban J connectivity index is 3.30. The molecule has 0 aromatic carbocycles. The van der Waals surface area contributed by atoms with Gasteiger partial charge in [-0.1, -0.05) is 38.8 Å². The molecule has 0 rings (SSSR count).